The molecule has 1 saturated carbocycles. The number of benzene rings is 1. The number of methoxy groups -OCH3 is 1. The summed E-state index contributed by atoms with van der Waals surface area (Å²) in [5, 5.41) is 3.19. The summed E-state index contributed by atoms with van der Waals surface area (Å²) in [5.74, 6) is -1.51. The zero-order chi connectivity index (χ0) is 13.9. The van der Waals surface area contributed by atoms with E-state index in [9.17, 15) is 8.78 Å². The van der Waals surface area contributed by atoms with Gasteiger partial charge in [-0.2, -0.15) is 0 Å². The molecule has 1 aromatic rings. The summed E-state index contributed by atoms with van der Waals surface area (Å²) in [6, 6.07) is 4.44. The molecule has 0 aliphatic heterocycles. The number of nitrogens with one attached hydrogen (secondary N) is 1. The minimum absolute atomic E-state index is 0.0719. The van der Waals surface area contributed by atoms with Crippen molar-refractivity contribution >= 4 is 0 Å². The van der Waals surface area contributed by atoms with Gasteiger partial charge in [0.15, 0.2) is 11.6 Å². The van der Waals surface area contributed by atoms with Gasteiger partial charge in [-0.05, 0) is 50.8 Å². The molecule has 1 atom stereocenters. The van der Waals surface area contributed by atoms with Crippen molar-refractivity contribution in [2.24, 2.45) is 0 Å². The average molecular weight is 269 g/mol. The Morgan fingerprint density at radius 1 is 1.37 bits per heavy atom. The van der Waals surface area contributed by atoms with Crippen LogP contribution in [0.3, 0.4) is 0 Å². The van der Waals surface area contributed by atoms with E-state index in [1.807, 2.05) is 7.05 Å². The topological polar surface area (TPSA) is 21.3 Å². The molecule has 1 N–H and O–H groups in total. The van der Waals surface area contributed by atoms with Gasteiger partial charge in [0, 0.05) is 13.2 Å². The molecule has 4 heteroatoms. The van der Waals surface area contributed by atoms with E-state index in [0.29, 0.717) is 12.0 Å². The molecule has 1 aliphatic carbocycles. The lowest BCUT2D eigenvalue weighted by Gasteiger charge is -2.42. The van der Waals surface area contributed by atoms with E-state index in [-0.39, 0.29) is 11.6 Å². The highest BCUT2D eigenvalue weighted by molar-refractivity contribution is 5.20. The van der Waals surface area contributed by atoms with Crippen molar-refractivity contribution < 1.29 is 13.5 Å². The predicted molar refractivity (Wildman–Crippen MR) is 71.1 cm³/mol. The number of rotatable bonds is 6. The summed E-state index contributed by atoms with van der Waals surface area (Å²) in [5.41, 5.74) is 0.349. The number of likely N-dealkylation sites (N-methyl/N-ethyl adjacent to an activating group) is 1. The molecule has 106 valence electrons. The van der Waals surface area contributed by atoms with Gasteiger partial charge in [0.1, 0.15) is 0 Å². The van der Waals surface area contributed by atoms with Crippen molar-refractivity contribution in [1.82, 2.24) is 5.32 Å². The van der Waals surface area contributed by atoms with Crippen LogP contribution in [0.5, 0.6) is 0 Å². The maximum absolute atomic E-state index is 13.7. The Labute approximate surface area is 113 Å². The minimum Gasteiger partial charge on any atom is -0.378 e. The standard InChI is InChI=1S/C15H21F2NO/c1-18-12(10-15(19-2)7-4-8-15)9-11-5-3-6-13(16)14(11)17/h3,5-6,12,18H,4,7-10H2,1-2H3. The Morgan fingerprint density at radius 2 is 2.11 bits per heavy atom. The third-order valence-electron chi connectivity index (χ3n) is 4.22. The first-order chi connectivity index (χ1) is 9.10. The molecule has 1 fully saturated rings. The zero-order valence-electron chi connectivity index (χ0n) is 11.5. The summed E-state index contributed by atoms with van der Waals surface area (Å²) >= 11 is 0. The summed E-state index contributed by atoms with van der Waals surface area (Å²) in [7, 11) is 3.58. The highest BCUT2D eigenvalue weighted by Crippen LogP contribution is 2.39. The summed E-state index contributed by atoms with van der Waals surface area (Å²) < 4.78 is 32.5. The molecule has 1 aromatic carbocycles. The van der Waals surface area contributed by atoms with Crippen molar-refractivity contribution in [3.63, 3.8) is 0 Å². The van der Waals surface area contributed by atoms with Gasteiger partial charge in [-0.15, -0.1) is 0 Å². The third-order valence-corrected chi connectivity index (χ3v) is 4.22. The molecular weight excluding hydrogens is 248 g/mol. The van der Waals surface area contributed by atoms with Crippen molar-refractivity contribution in [3.05, 3.63) is 35.4 Å². The van der Waals surface area contributed by atoms with E-state index in [0.717, 1.165) is 25.3 Å². The fourth-order valence-corrected chi connectivity index (χ4v) is 2.76. The number of ether oxygens (including phenoxy) is 1. The molecule has 1 unspecified atom stereocenters. The molecule has 0 saturated heterocycles. The van der Waals surface area contributed by atoms with Gasteiger partial charge in [0.2, 0.25) is 0 Å². The zero-order valence-corrected chi connectivity index (χ0v) is 11.5. The molecule has 0 bridgehead atoms. The first-order valence-corrected chi connectivity index (χ1v) is 6.75. The van der Waals surface area contributed by atoms with Gasteiger partial charge in [-0.3, -0.25) is 0 Å². The van der Waals surface area contributed by atoms with Crippen molar-refractivity contribution in [2.75, 3.05) is 14.2 Å². The smallest absolute Gasteiger partial charge is 0.162 e. The Kier molecular flexibility index (Phi) is 4.53. The van der Waals surface area contributed by atoms with Crippen LogP contribution in [0.4, 0.5) is 8.78 Å². The Morgan fingerprint density at radius 3 is 2.63 bits per heavy atom. The van der Waals surface area contributed by atoms with Crippen LogP contribution in [-0.4, -0.2) is 25.8 Å². The first-order valence-electron chi connectivity index (χ1n) is 6.75. The van der Waals surface area contributed by atoms with Crippen LogP contribution in [-0.2, 0) is 11.2 Å². The van der Waals surface area contributed by atoms with E-state index in [2.05, 4.69) is 5.32 Å². The van der Waals surface area contributed by atoms with Gasteiger partial charge in [-0.1, -0.05) is 12.1 Å². The van der Waals surface area contributed by atoms with Crippen LogP contribution < -0.4 is 5.32 Å². The Bertz CT molecular complexity index is 427. The number of hydrogen-bond acceptors (Lipinski definition) is 2. The van der Waals surface area contributed by atoms with Crippen molar-refractivity contribution in [3.8, 4) is 0 Å². The van der Waals surface area contributed by atoms with Crippen molar-refractivity contribution in [2.45, 2.75) is 43.7 Å². The average Bonchev–Trinajstić information content (AvgIpc) is 2.37. The van der Waals surface area contributed by atoms with Crippen LogP contribution >= 0.6 is 0 Å². The van der Waals surface area contributed by atoms with E-state index in [4.69, 9.17) is 4.74 Å². The van der Waals surface area contributed by atoms with E-state index < -0.39 is 11.6 Å². The van der Waals surface area contributed by atoms with Gasteiger partial charge in [0.05, 0.1) is 5.60 Å². The van der Waals surface area contributed by atoms with Gasteiger partial charge < -0.3 is 10.1 Å². The molecule has 0 amide bonds. The molecule has 0 aromatic heterocycles. The first kappa shape index (κ1) is 14.4. The van der Waals surface area contributed by atoms with Crippen LogP contribution in [0.1, 0.15) is 31.2 Å². The second-order valence-electron chi connectivity index (χ2n) is 5.35. The maximum atomic E-state index is 13.7. The number of halogens is 2. The normalized spacial score (nSPS) is 18.9. The largest absolute Gasteiger partial charge is 0.378 e. The molecule has 1 aliphatic rings. The lowest BCUT2D eigenvalue weighted by atomic mass is 9.75. The fraction of sp³-hybridized carbons (Fsp3) is 0.600. The predicted octanol–water partition coefficient (Wildman–Crippen LogP) is 3.05. The molecule has 0 radical (unpaired) electrons. The van der Waals surface area contributed by atoms with Gasteiger partial charge in [0.25, 0.3) is 0 Å². The van der Waals surface area contributed by atoms with E-state index in [1.165, 1.54) is 6.42 Å². The summed E-state index contributed by atoms with van der Waals surface area (Å²) in [6.07, 6.45) is 4.58. The van der Waals surface area contributed by atoms with E-state index in [1.54, 1.807) is 19.2 Å². The Hall–Kier alpha value is -1.00. The fourth-order valence-electron chi connectivity index (χ4n) is 2.76. The molecule has 0 heterocycles. The second kappa shape index (κ2) is 5.97. The lowest BCUT2D eigenvalue weighted by molar-refractivity contribution is -0.0830. The van der Waals surface area contributed by atoms with Crippen LogP contribution in [0.25, 0.3) is 0 Å². The van der Waals surface area contributed by atoms with Gasteiger partial charge in [-0.25, -0.2) is 8.78 Å². The molecule has 0 spiro atoms. The third kappa shape index (κ3) is 3.12. The highest BCUT2D eigenvalue weighted by atomic mass is 19.2. The Balaban J connectivity index is 2.04. The molecular formula is C15H21F2NO. The van der Waals surface area contributed by atoms with E-state index >= 15 is 0 Å². The summed E-state index contributed by atoms with van der Waals surface area (Å²) in [4.78, 5) is 0. The second-order valence-corrected chi connectivity index (χ2v) is 5.35. The minimum atomic E-state index is -0.780. The van der Waals surface area contributed by atoms with Crippen LogP contribution in [0, 0.1) is 11.6 Å². The lowest BCUT2D eigenvalue weighted by Crippen LogP contribution is -2.46. The van der Waals surface area contributed by atoms with Crippen molar-refractivity contribution in [1.29, 1.82) is 0 Å². The molecule has 2 nitrogen and oxygen atoms in total. The highest BCUT2D eigenvalue weighted by Gasteiger charge is 2.38. The number of hydrogen-bond donors (Lipinski definition) is 1. The molecule has 19 heavy (non-hydrogen) atoms. The quantitative estimate of drug-likeness (QED) is 0.857. The molecule has 2 rings (SSSR count). The van der Waals surface area contributed by atoms with Crippen LogP contribution in [0.2, 0.25) is 0 Å². The monoisotopic (exact) mass is 269 g/mol. The van der Waals surface area contributed by atoms with Crippen LogP contribution in [0.15, 0.2) is 18.2 Å². The summed E-state index contributed by atoms with van der Waals surface area (Å²) in [6.45, 7) is 0. The maximum Gasteiger partial charge on any atom is 0.162 e. The SMILES string of the molecule is CNC(Cc1cccc(F)c1F)CC1(OC)CCC1. The van der Waals surface area contributed by atoms with Gasteiger partial charge >= 0.3 is 0 Å².